The molecule has 130 valence electrons. The van der Waals surface area contributed by atoms with Crippen LogP contribution in [0.25, 0.3) is 0 Å². The van der Waals surface area contributed by atoms with Gasteiger partial charge in [-0.1, -0.05) is 23.7 Å². The fourth-order valence-corrected chi connectivity index (χ4v) is 3.51. The van der Waals surface area contributed by atoms with Crippen LogP contribution in [-0.4, -0.2) is 22.1 Å². The standard InChI is InChI=1S/C17H20ClNO4S/c1-4-23-16-9-12(2)15(18)10-17(16)24(20,21)19-11-13-5-7-14(22-3)8-6-13/h5-10,19H,4,11H2,1-3H3. The van der Waals surface area contributed by atoms with E-state index in [0.29, 0.717) is 23.1 Å². The lowest BCUT2D eigenvalue weighted by Gasteiger charge is -2.14. The number of nitrogens with one attached hydrogen (secondary N) is 1. The fourth-order valence-electron chi connectivity index (χ4n) is 2.11. The minimum atomic E-state index is -3.76. The van der Waals surface area contributed by atoms with Gasteiger partial charge in [-0.15, -0.1) is 0 Å². The highest BCUT2D eigenvalue weighted by atomic mass is 35.5. The van der Waals surface area contributed by atoms with Gasteiger partial charge < -0.3 is 9.47 Å². The summed E-state index contributed by atoms with van der Waals surface area (Å²) in [6.45, 7) is 4.11. The van der Waals surface area contributed by atoms with Gasteiger partial charge in [0.25, 0.3) is 0 Å². The highest BCUT2D eigenvalue weighted by Crippen LogP contribution is 2.30. The van der Waals surface area contributed by atoms with E-state index in [-0.39, 0.29) is 11.4 Å². The van der Waals surface area contributed by atoms with Crippen molar-refractivity contribution in [2.45, 2.75) is 25.3 Å². The third-order valence-corrected chi connectivity index (χ3v) is 5.27. The van der Waals surface area contributed by atoms with Crippen molar-refractivity contribution in [2.24, 2.45) is 0 Å². The van der Waals surface area contributed by atoms with Crippen LogP contribution in [0.1, 0.15) is 18.1 Å². The van der Waals surface area contributed by atoms with E-state index < -0.39 is 10.0 Å². The zero-order valence-electron chi connectivity index (χ0n) is 13.8. The Labute approximate surface area is 147 Å². The molecule has 0 fully saturated rings. The number of halogens is 1. The first-order valence-corrected chi connectivity index (χ1v) is 9.29. The highest BCUT2D eigenvalue weighted by molar-refractivity contribution is 7.89. The third-order valence-electron chi connectivity index (χ3n) is 3.44. The smallest absolute Gasteiger partial charge is 0.244 e. The van der Waals surface area contributed by atoms with Gasteiger partial charge in [0.05, 0.1) is 13.7 Å². The van der Waals surface area contributed by atoms with Gasteiger partial charge >= 0.3 is 0 Å². The predicted octanol–water partition coefficient (Wildman–Crippen LogP) is 3.53. The lowest BCUT2D eigenvalue weighted by Crippen LogP contribution is -2.24. The normalized spacial score (nSPS) is 11.3. The Morgan fingerprint density at radius 2 is 1.83 bits per heavy atom. The largest absolute Gasteiger partial charge is 0.497 e. The van der Waals surface area contributed by atoms with Crippen LogP contribution >= 0.6 is 11.6 Å². The first-order valence-electron chi connectivity index (χ1n) is 7.43. The zero-order valence-corrected chi connectivity index (χ0v) is 15.4. The van der Waals surface area contributed by atoms with E-state index in [4.69, 9.17) is 21.1 Å². The molecule has 2 rings (SSSR count). The van der Waals surface area contributed by atoms with Crippen molar-refractivity contribution in [2.75, 3.05) is 13.7 Å². The molecule has 0 amide bonds. The summed E-state index contributed by atoms with van der Waals surface area (Å²) in [5.74, 6) is 1.01. The Hall–Kier alpha value is -1.76. The summed E-state index contributed by atoms with van der Waals surface area (Å²) in [4.78, 5) is 0.0356. The maximum absolute atomic E-state index is 12.6. The SMILES string of the molecule is CCOc1cc(C)c(Cl)cc1S(=O)(=O)NCc1ccc(OC)cc1. The molecule has 2 aromatic rings. The molecule has 0 radical (unpaired) electrons. The van der Waals surface area contributed by atoms with Gasteiger partial charge in [-0.3, -0.25) is 0 Å². The monoisotopic (exact) mass is 369 g/mol. The molecule has 5 nitrogen and oxygen atoms in total. The van der Waals surface area contributed by atoms with Gasteiger partial charge in [0, 0.05) is 11.6 Å². The number of aryl methyl sites for hydroxylation is 1. The van der Waals surface area contributed by atoms with E-state index in [0.717, 1.165) is 11.1 Å². The van der Waals surface area contributed by atoms with Crippen LogP contribution in [0.4, 0.5) is 0 Å². The molecule has 0 heterocycles. The first kappa shape index (κ1) is 18.6. The van der Waals surface area contributed by atoms with Crippen molar-refractivity contribution in [3.05, 3.63) is 52.5 Å². The average molecular weight is 370 g/mol. The molecule has 0 aliphatic carbocycles. The van der Waals surface area contributed by atoms with Crippen LogP contribution in [0.15, 0.2) is 41.3 Å². The second-order valence-corrected chi connectivity index (χ2v) is 7.30. The minimum absolute atomic E-state index is 0.0356. The first-order chi connectivity index (χ1) is 11.4. The summed E-state index contributed by atoms with van der Waals surface area (Å²) >= 11 is 6.08. The second kappa shape index (κ2) is 7.88. The molecule has 24 heavy (non-hydrogen) atoms. The lowest BCUT2D eigenvalue weighted by molar-refractivity contribution is 0.330. The summed E-state index contributed by atoms with van der Waals surface area (Å²) in [7, 11) is -2.18. The zero-order chi connectivity index (χ0) is 17.7. The molecular formula is C17H20ClNO4S. The van der Waals surface area contributed by atoms with Gasteiger partial charge in [0.2, 0.25) is 10.0 Å². The number of methoxy groups -OCH3 is 1. The molecule has 0 aromatic heterocycles. The summed E-state index contributed by atoms with van der Waals surface area (Å²) < 4.78 is 38.3. The lowest BCUT2D eigenvalue weighted by atomic mass is 10.2. The van der Waals surface area contributed by atoms with E-state index in [2.05, 4.69) is 4.72 Å². The predicted molar refractivity (Wildman–Crippen MR) is 94.4 cm³/mol. The van der Waals surface area contributed by atoms with E-state index >= 15 is 0 Å². The topological polar surface area (TPSA) is 64.6 Å². The van der Waals surface area contributed by atoms with Crippen LogP contribution < -0.4 is 14.2 Å². The number of hydrogen-bond acceptors (Lipinski definition) is 4. The van der Waals surface area contributed by atoms with Gasteiger partial charge in [-0.25, -0.2) is 13.1 Å². The summed E-state index contributed by atoms with van der Waals surface area (Å²) in [5.41, 5.74) is 1.57. The molecule has 0 aliphatic rings. The number of sulfonamides is 1. The molecule has 0 saturated heterocycles. The van der Waals surface area contributed by atoms with Crippen molar-refractivity contribution in [3.8, 4) is 11.5 Å². The van der Waals surface area contributed by atoms with E-state index in [1.165, 1.54) is 6.07 Å². The minimum Gasteiger partial charge on any atom is -0.497 e. The third kappa shape index (κ3) is 4.41. The number of ether oxygens (including phenoxy) is 2. The fraction of sp³-hybridized carbons (Fsp3) is 0.294. The van der Waals surface area contributed by atoms with Gasteiger partial charge in [-0.2, -0.15) is 0 Å². The summed E-state index contributed by atoms with van der Waals surface area (Å²) in [6.07, 6.45) is 0. The Bertz CT molecular complexity index is 804. The Kier molecular flexibility index (Phi) is 6.10. The number of hydrogen-bond donors (Lipinski definition) is 1. The van der Waals surface area contributed by atoms with Gasteiger partial charge in [0.15, 0.2) is 0 Å². The van der Waals surface area contributed by atoms with Crippen LogP contribution in [0.3, 0.4) is 0 Å². The molecule has 7 heteroatoms. The van der Waals surface area contributed by atoms with Crippen molar-refractivity contribution in [1.29, 1.82) is 0 Å². The van der Waals surface area contributed by atoms with Gasteiger partial charge in [0.1, 0.15) is 16.4 Å². The average Bonchev–Trinajstić information content (AvgIpc) is 2.56. The Morgan fingerprint density at radius 3 is 2.42 bits per heavy atom. The van der Waals surface area contributed by atoms with Crippen LogP contribution in [0, 0.1) is 6.92 Å². The van der Waals surface area contributed by atoms with Crippen molar-refractivity contribution >= 4 is 21.6 Å². The Balaban J connectivity index is 2.24. The van der Waals surface area contributed by atoms with Crippen LogP contribution in [0.5, 0.6) is 11.5 Å². The maximum atomic E-state index is 12.6. The highest BCUT2D eigenvalue weighted by Gasteiger charge is 2.21. The maximum Gasteiger partial charge on any atom is 0.244 e. The van der Waals surface area contributed by atoms with Crippen molar-refractivity contribution in [1.82, 2.24) is 4.72 Å². The molecule has 0 unspecified atom stereocenters. The van der Waals surface area contributed by atoms with Crippen molar-refractivity contribution in [3.63, 3.8) is 0 Å². The quantitative estimate of drug-likeness (QED) is 0.810. The Morgan fingerprint density at radius 1 is 1.17 bits per heavy atom. The molecule has 0 spiro atoms. The molecule has 2 aromatic carbocycles. The van der Waals surface area contributed by atoms with E-state index in [1.54, 1.807) is 51.3 Å². The van der Waals surface area contributed by atoms with E-state index in [1.807, 2.05) is 0 Å². The van der Waals surface area contributed by atoms with E-state index in [9.17, 15) is 8.42 Å². The molecule has 1 N–H and O–H groups in total. The number of rotatable bonds is 7. The molecule has 0 saturated carbocycles. The van der Waals surface area contributed by atoms with Crippen LogP contribution in [-0.2, 0) is 16.6 Å². The van der Waals surface area contributed by atoms with Gasteiger partial charge in [-0.05, 0) is 49.2 Å². The summed E-state index contributed by atoms with van der Waals surface area (Å²) in [6, 6.07) is 10.2. The van der Waals surface area contributed by atoms with Crippen molar-refractivity contribution < 1.29 is 17.9 Å². The second-order valence-electron chi connectivity index (χ2n) is 5.15. The molecular weight excluding hydrogens is 350 g/mol. The molecule has 0 atom stereocenters. The number of benzene rings is 2. The summed E-state index contributed by atoms with van der Waals surface area (Å²) in [5, 5.41) is 0.378. The molecule has 0 bridgehead atoms. The molecule has 0 aliphatic heterocycles. The van der Waals surface area contributed by atoms with Crippen LogP contribution in [0.2, 0.25) is 5.02 Å².